The van der Waals surface area contributed by atoms with Crippen LogP contribution in [0.5, 0.6) is 0 Å². The molecular formula is C12H12N4O2. The van der Waals surface area contributed by atoms with Crippen molar-refractivity contribution in [2.75, 3.05) is 5.32 Å². The fraction of sp³-hybridized carbons (Fsp3) is 0.0833. The third kappa shape index (κ3) is 2.37. The summed E-state index contributed by atoms with van der Waals surface area (Å²) in [6, 6.07) is 6.33. The van der Waals surface area contributed by atoms with Gasteiger partial charge in [-0.15, -0.1) is 0 Å². The second kappa shape index (κ2) is 4.70. The van der Waals surface area contributed by atoms with Gasteiger partial charge < -0.3 is 15.6 Å². The monoisotopic (exact) mass is 244 g/mol. The number of imidazole rings is 1. The zero-order valence-corrected chi connectivity index (χ0v) is 9.75. The summed E-state index contributed by atoms with van der Waals surface area (Å²) in [4.78, 5) is 26.7. The van der Waals surface area contributed by atoms with Crippen molar-refractivity contribution in [1.29, 1.82) is 0 Å². The molecule has 18 heavy (non-hydrogen) atoms. The molecule has 0 saturated carbocycles. The average Bonchev–Trinajstić information content (AvgIpc) is 2.76. The first-order valence-corrected chi connectivity index (χ1v) is 5.26. The van der Waals surface area contributed by atoms with Gasteiger partial charge in [-0.2, -0.15) is 0 Å². The molecule has 1 heterocycles. The SMILES string of the molecule is Cn1ccnc1C(=O)Nc1ccc(C(N)=O)cc1. The lowest BCUT2D eigenvalue weighted by atomic mass is 10.2. The number of carbonyl (C=O) groups excluding carboxylic acids is 2. The number of aryl methyl sites for hydroxylation is 1. The minimum Gasteiger partial charge on any atom is -0.366 e. The summed E-state index contributed by atoms with van der Waals surface area (Å²) in [6.45, 7) is 0. The molecule has 0 radical (unpaired) electrons. The lowest BCUT2D eigenvalue weighted by Crippen LogP contribution is -2.17. The van der Waals surface area contributed by atoms with Crippen molar-refractivity contribution in [1.82, 2.24) is 9.55 Å². The predicted molar refractivity (Wildman–Crippen MR) is 66.1 cm³/mol. The van der Waals surface area contributed by atoms with E-state index in [4.69, 9.17) is 5.73 Å². The highest BCUT2D eigenvalue weighted by Crippen LogP contribution is 2.10. The largest absolute Gasteiger partial charge is 0.366 e. The van der Waals surface area contributed by atoms with Crippen LogP contribution in [0.15, 0.2) is 36.7 Å². The van der Waals surface area contributed by atoms with Gasteiger partial charge in [0, 0.05) is 30.7 Å². The van der Waals surface area contributed by atoms with E-state index in [-0.39, 0.29) is 5.91 Å². The van der Waals surface area contributed by atoms with Crippen LogP contribution in [0.3, 0.4) is 0 Å². The molecule has 0 aliphatic heterocycles. The summed E-state index contributed by atoms with van der Waals surface area (Å²) >= 11 is 0. The number of anilines is 1. The number of benzene rings is 1. The van der Waals surface area contributed by atoms with E-state index in [1.807, 2.05) is 0 Å². The van der Waals surface area contributed by atoms with Gasteiger partial charge in [0.1, 0.15) is 0 Å². The van der Waals surface area contributed by atoms with E-state index < -0.39 is 5.91 Å². The van der Waals surface area contributed by atoms with Gasteiger partial charge in [-0.25, -0.2) is 4.98 Å². The number of aromatic nitrogens is 2. The van der Waals surface area contributed by atoms with E-state index in [0.29, 0.717) is 17.1 Å². The molecule has 1 aromatic heterocycles. The normalized spacial score (nSPS) is 10.1. The van der Waals surface area contributed by atoms with Crippen molar-refractivity contribution in [3.05, 3.63) is 48.0 Å². The van der Waals surface area contributed by atoms with Crippen LogP contribution < -0.4 is 11.1 Å². The number of amides is 2. The van der Waals surface area contributed by atoms with Crippen LogP contribution in [-0.2, 0) is 7.05 Å². The number of hydrogen-bond acceptors (Lipinski definition) is 3. The van der Waals surface area contributed by atoms with E-state index in [1.165, 1.54) is 0 Å². The fourth-order valence-corrected chi connectivity index (χ4v) is 1.49. The smallest absolute Gasteiger partial charge is 0.291 e. The Morgan fingerprint density at radius 2 is 1.94 bits per heavy atom. The molecule has 2 amide bonds. The Balaban J connectivity index is 2.13. The lowest BCUT2D eigenvalue weighted by Gasteiger charge is -2.05. The predicted octanol–water partition coefficient (Wildman–Crippen LogP) is 0.771. The van der Waals surface area contributed by atoms with Crippen molar-refractivity contribution >= 4 is 17.5 Å². The van der Waals surface area contributed by atoms with Crippen LogP contribution in [0.2, 0.25) is 0 Å². The summed E-state index contributed by atoms with van der Waals surface area (Å²) in [6.07, 6.45) is 3.23. The molecule has 92 valence electrons. The molecule has 6 nitrogen and oxygen atoms in total. The molecule has 0 bridgehead atoms. The Kier molecular flexibility index (Phi) is 3.09. The van der Waals surface area contributed by atoms with Gasteiger partial charge >= 0.3 is 0 Å². The van der Waals surface area contributed by atoms with Gasteiger partial charge in [-0.1, -0.05) is 0 Å². The quantitative estimate of drug-likeness (QED) is 0.835. The molecule has 0 saturated heterocycles. The number of nitrogens with one attached hydrogen (secondary N) is 1. The summed E-state index contributed by atoms with van der Waals surface area (Å²) < 4.78 is 1.62. The Hall–Kier alpha value is -2.63. The number of primary amides is 1. The summed E-state index contributed by atoms with van der Waals surface area (Å²) in [7, 11) is 1.73. The van der Waals surface area contributed by atoms with Gasteiger partial charge in [0.15, 0.2) is 5.82 Å². The second-order valence-electron chi connectivity index (χ2n) is 3.76. The van der Waals surface area contributed by atoms with E-state index in [1.54, 1.807) is 48.3 Å². The maximum Gasteiger partial charge on any atom is 0.291 e. The molecule has 0 atom stereocenters. The number of carbonyl (C=O) groups is 2. The van der Waals surface area contributed by atoms with Crippen LogP contribution in [0.25, 0.3) is 0 Å². The van der Waals surface area contributed by atoms with Crippen molar-refractivity contribution in [3.63, 3.8) is 0 Å². The number of hydrogen-bond donors (Lipinski definition) is 2. The fourth-order valence-electron chi connectivity index (χ4n) is 1.49. The van der Waals surface area contributed by atoms with Crippen molar-refractivity contribution in [2.24, 2.45) is 12.8 Å². The molecule has 0 aliphatic rings. The zero-order valence-electron chi connectivity index (χ0n) is 9.75. The highest BCUT2D eigenvalue weighted by Gasteiger charge is 2.10. The maximum atomic E-state index is 11.8. The molecule has 0 spiro atoms. The molecule has 2 rings (SSSR count). The molecule has 3 N–H and O–H groups in total. The maximum absolute atomic E-state index is 11.8. The third-order valence-electron chi connectivity index (χ3n) is 2.45. The summed E-state index contributed by atoms with van der Waals surface area (Å²) in [5.41, 5.74) is 6.09. The van der Waals surface area contributed by atoms with Crippen LogP contribution in [0, 0.1) is 0 Å². The average molecular weight is 244 g/mol. The molecule has 1 aromatic carbocycles. The first kappa shape index (κ1) is 11.8. The standard InChI is InChI=1S/C12H12N4O2/c1-16-7-6-14-11(16)12(18)15-9-4-2-8(3-5-9)10(13)17/h2-7H,1H3,(H2,13,17)(H,15,18). The van der Waals surface area contributed by atoms with Crippen LogP contribution >= 0.6 is 0 Å². The van der Waals surface area contributed by atoms with Crippen molar-refractivity contribution in [3.8, 4) is 0 Å². The minimum atomic E-state index is -0.503. The molecule has 6 heteroatoms. The minimum absolute atomic E-state index is 0.311. The van der Waals surface area contributed by atoms with Crippen LogP contribution in [0.4, 0.5) is 5.69 Å². The molecular weight excluding hydrogens is 232 g/mol. The van der Waals surface area contributed by atoms with Gasteiger partial charge in [-0.05, 0) is 24.3 Å². The van der Waals surface area contributed by atoms with Gasteiger partial charge in [0.25, 0.3) is 5.91 Å². The van der Waals surface area contributed by atoms with E-state index in [0.717, 1.165) is 0 Å². The summed E-state index contributed by atoms with van der Waals surface area (Å²) in [5.74, 6) is -0.500. The number of rotatable bonds is 3. The molecule has 0 fully saturated rings. The summed E-state index contributed by atoms with van der Waals surface area (Å²) in [5, 5.41) is 2.68. The Morgan fingerprint density at radius 1 is 1.28 bits per heavy atom. The first-order chi connectivity index (χ1) is 8.58. The third-order valence-corrected chi connectivity index (χ3v) is 2.45. The van der Waals surface area contributed by atoms with E-state index in [9.17, 15) is 9.59 Å². The Labute approximate surface area is 103 Å². The van der Waals surface area contributed by atoms with E-state index >= 15 is 0 Å². The van der Waals surface area contributed by atoms with E-state index in [2.05, 4.69) is 10.3 Å². The number of nitrogens with zero attached hydrogens (tertiary/aromatic N) is 2. The first-order valence-electron chi connectivity index (χ1n) is 5.26. The van der Waals surface area contributed by atoms with Crippen LogP contribution in [0.1, 0.15) is 21.0 Å². The highest BCUT2D eigenvalue weighted by molar-refractivity contribution is 6.02. The molecule has 2 aromatic rings. The van der Waals surface area contributed by atoms with Gasteiger partial charge in [0.2, 0.25) is 5.91 Å². The van der Waals surface area contributed by atoms with Gasteiger partial charge in [-0.3, -0.25) is 9.59 Å². The topological polar surface area (TPSA) is 90.0 Å². The Bertz CT molecular complexity index is 586. The van der Waals surface area contributed by atoms with Gasteiger partial charge in [0.05, 0.1) is 0 Å². The molecule has 0 aliphatic carbocycles. The van der Waals surface area contributed by atoms with Crippen molar-refractivity contribution < 1.29 is 9.59 Å². The lowest BCUT2D eigenvalue weighted by molar-refractivity contribution is 0.0996. The Morgan fingerprint density at radius 3 is 2.44 bits per heavy atom. The van der Waals surface area contributed by atoms with Crippen LogP contribution in [-0.4, -0.2) is 21.4 Å². The van der Waals surface area contributed by atoms with Crippen molar-refractivity contribution in [2.45, 2.75) is 0 Å². The number of nitrogens with two attached hydrogens (primary N) is 1. The second-order valence-corrected chi connectivity index (χ2v) is 3.76. The zero-order chi connectivity index (χ0) is 13.1. The molecule has 0 unspecified atom stereocenters. The highest BCUT2D eigenvalue weighted by atomic mass is 16.2.